The van der Waals surface area contributed by atoms with Gasteiger partial charge in [-0.3, -0.25) is 4.79 Å². The van der Waals surface area contributed by atoms with E-state index < -0.39 is 10.0 Å². The zero-order valence-electron chi connectivity index (χ0n) is 20.8. The molecule has 8 heteroatoms. The number of nitrogens with zero attached hydrogens (tertiary/aromatic N) is 3. The summed E-state index contributed by atoms with van der Waals surface area (Å²) in [6.45, 7) is 13.2. The Balaban J connectivity index is 1.88. The molecule has 0 bridgehead atoms. The van der Waals surface area contributed by atoms with Gasteiger partial charge in [0.2, 0.25) is 15.9 Å². The van der Waals surface area contributed by atoms with Gasteiger partial charge in [-0.15, -0.1) is 0 Å². The van der Waals surface area contributed by atoms with Crippen molar-refractivity contribution in [3.05, 3.63) is 54.1 Å². The van der Waals surface area contributed by atoms with Crippen molar-refractivity contribution in [2.75, 3.05) is 56.0 Å². The van der Waals surface area contributed by atoms with Gasteiger partial charge in [0.25, 0.3) is 0 Å². The SMILES string of the molecule is CCN1CCN(c2ccc(S(=O)(=O)N(CC)CC)cc2NC(=O)C[C@@H](C)c2ccccc2)CC1. The molecule has 3 rings (SSSR count). The normalized spacial score (nSPS) is 16.0. The minimum atomic E-state index is -3.63. The second-order valence-corrected chi connectivity index (χ2v) is 10.7. The quantitative estimate of drug-likeness (QED) is 0.550. The van der Waals surface area contributed by atoms with Crippen LogP contribution in [0.3, 0.4) is 0 Å². The molecule has 0 unspecified atom stereocenters. The molecule has 1 aliphatic heterocycles. The van der Waals surface area contributed by atoms with Gasteiger partial charge in [-0.05, 0) is 36.2 Å². The van der Waals surface area contributed by atoms with Crippen molar-refractivity contribution in [2.45, 2.75) is 44.9 Å². The van der Waals surface area contributed by atoms with Gasteiger partial charge in [0, 0.05) is 45.7 Å². The predicted octanol–water partition coefficient (Wildman–Crippen LogP) is 3.99. The van der Waals surface area contributed by atoms with E-state index in [-0.39, 0.29) is 16.7 Å². The van der Waals surface area contributed by atoms with Gasteiger partial charge in [-0.1, -0.05) is 58.0 Å². The van der Waals surface area contributed by atoms with Gasteiger partial charge < -0.3 is 15.1 Å². The van der Waals surface area contributed by atoms with E-state index in [2.05, 4.69) is 22.0 Å². The molecule has 1 atom stereocenters. The smallest absolute Gasteiger partial charge is 0.243 e. The van der Waals surface area contributed by atoms with E-state index >= 15 is 0 Å². The highest BCUT2D eigenvalue weighted by molar-refractivity contribution is 7.89. The largest absolute Gasteiger partial charge is 0.367 e. The fourth-order valence-electron chi connectivity index (χ4n) is 4.45. The van der Waals surface area contributed by atoms with Crippen LogP contribution in [0.2, 0.25) is 0 Å². The van der Waals surface area contributed by atoms with Gasteiger partial charge in [0.15, 0.2) is 0 Å². The molecule has 1 amide bonds. The molecule has 0 radical (unpaired) electrons. The van der Waals surface area contributed by atoms with Crippen LogP contribution < -0.4 is 10.2 Å². The lowest BCUT2D eigenvalue weighted by molar-refractivity contribution is -0.116. The Morgan fingerprint density at radius 2 is 1.65 bits per heavy atom. The monoisotopic (exact) mass is 486 g/mol. The first-order valence-electron chi connectivity index (χ1n) is 12.3. The van der Waals surface area contributed by atoms with Crippen molar-refractivity contribution < 1.29 is 13.2 Å². The van der Waals surface area contributed by atoms with Crippen LogP contribution in [-0.2, 0) is 14.8 Å². The molecule has 1 heterocycles. The van der Waals surface area contributed by atoms with E-state index in [1.165, 1.54) is 4.31 Å². The van der Waals surface area contributed by atoms with E-state index in [1.54, 1.807) is 12.1 Å². The van der Waals surface area contributed by atoms with Crippen molar-refractivity contribution >= 4 is 27.3 Å². The van der Waals surface area contributed by atoms with Crippen molar-refractivity contribution in [1.82, 2.24) is 9.21 Å². The summed E-state index contributed by atoms with van der Waals surface area (Å²) >= 11 is 0. The van der Waals surface area contributed by atoms with Gasteiger partial charge in [0.1, 0.15) is 0 Å². The molecular formula is C26H38N4O3S. The molecule has 0 aromatic heterocycles. The zero-order chi connectivity index (χ0) is 24.7. The third-order valence-electron chi connectivity index (χ3n) is 6.61. The van der Waals surface area contributed by atoms with Crippen LogP contribution in [0.25, 0.3) is 0 Å². The molecule has 1 fully saturated rings. The molecule has 2 aromatic rings. The first kappa shape index (κ1) is 26.2. The van der Waals surface area contributed by atoms with E-state index in [0.717, 1.165) is 44.0 Å². The van der Waals surface area contributed by atoms with Gasteiger partial charge in [-0.2, -0.15) is 4.31 Å². The number of rotatable bonds is 10. The van der Waals surface area contributed by atoms with Crippen molar-refractivity contribution in [3.8, 4) is 0 Å². The highest BCUT2D eigenvalue weighted by atomic mass is 32.2. The summed E-state index contributed by atoms with van der Waals surface area (Å²) in [5.74, 6) is -0.0671. The number of anilines is 2. The first-order chi connectivity index (χ1) is 16.3. The molecule has 1 saturated heterocycles. The minimum absolute atomic E-state index is 0.0559. The molecule has 7 nitrogen and oxygen atoms in total. The third kappa shape index (κ3) is 6.17. The molecule has 1 aliphatic rings. The van der Waals surface area contributed by atoms with Gasteiger partial charge >= 0.3 is 0 Å². The Morgan fingerprint density at radius 3 is 2.24 bits per heavy atom. The Bertz CT molecular complexity index is 1050. The van der Waals surface area contributed by atoms with Gasteiger partial charge in [0.05, 0.1) is 16.3 Å². The van der Waals surface area contributed by atoms with E-state index in [9.17, 15) is 13.2 Å². The number of amides is 1. The molecule has 34 heavy (non-hydrogen) atoms. The highest BCUT2D eigenvalue weighted by Gasteiger charge is 2.25. The molecule has 186 valence electrons. The number of benzene rings is 2. The first-order valence-corrected chi connectivity index (χ1v) is 13.7. The number of hydrogen-bond acceptors (Lipinski definition) is 5. The van der Waals surface area contributed by atoms with Crippen LogP contribution in [-0.4, -0.2) is 69.3 Å². The molecule has 0 saturated carbocycles. The second-order valence-electron chi connectivity index (χ2n) is 8.75. The Labute approximate surface area is 204 Å². The summed E-state index contributed by atoms with van der Waals surface area (Å²) in [6.07, 6.45) is 0.320. The van der Waals surface area contributed by atoms with E-state index in [1.807, 2.05) is 57.2 Å². The Hall–Kier alpha value is -2.42. The average Bonchev–Trinajstić information content (AvgIpc) is 2.85. The lowest BCUT2D eigenvalue weighted by Gasteiger charge is -2.36. The molecule has 2 aromatic carbocycles. The summed E-state index contributed by atoms with van der Waals surface area (Å²) in [5.41, 5.74) is 2.53. The third-order valence-corrected chi connectivity index (χ3v) is 8.65. The van der Waals surface area contributed by atoms with Crippen molar-refractivity contribution in [2.24, 2.45) is 0 Å². The summed E-state index contributed by atoms with van der Waals surface area (Å²) in [7, 11) is -3.63. The summed E-state index contributed by atoms with van der Waals surface area (Å²) in [5, 5.41) is 3.04. The molecular weight excluding hydrogens is 448 g/mol. The topological polar surface area (TPSA) is 73.0 Å². The molecule has 1 N–H and O–H groups in total. The van der Waals surface area contributed by atoms with Crippen LogP contribution in [0.1, 0.15) is 45.6 Å². The van der Waals surface area contributed by atoms with Crippen LogP contribution in [0, 0.1) is 0 Å². The summed E-state index contributed by atoms with van der Waals surface area (Å²) in [6, 6.07) is 15.1. The number of piperazine rings is 1. The average molecular weight is 487 g/mol. The zero-order valence-corrected chi connectivity index (χ0v) is 21.6. The number of nitrogens with one attached hydrogen (secondary N) is 1. The number of carbonyl (C=O) groups is 1. The maximum atomic E-state index is 13.2. The number of hydrogen-bond donors (Lipinski definition) is 1. The molecule has 0 spiro atoms. The lowest BCUT2D eigenvalue weighted by atomic mass is 9.97. The predicted molar refractivity (Wildman–Crippen MR) is 139 cm³/mol. The maximum Gasteiger partial charge on any atom is 0.243 e. The van der Waals surface area contributed by atoms with E-state index in [4.69, 9.17) is 0 Å². The Morgan fingerprint density at radius 1 is 1.00 bits per heavy atom. The molecule has 0 aliphatic carbocycles. The summed E-state index contributed by atoms with van der Waals surface area (Å²) in [4.78, 5) is 17.9. The van der Waals surface area contributed by atoms with Gasteiger partial charge in [-0.25, -0.2) is 8.42 Å². The van der Waals surface area contributed by atoms with Crippen molar-refractivity contribution in [3.63, 3.8) is 0 Å². The van der Waals surface area contributed by atoms with E-state index in [0.29, 0.717) is 25.2 Å². The second kappa shape index (κ2) is 11.8. The van der Waals surface area contributed by atoms with Crippen LogP contribution in [0.4, 0.5) is 11.4 Å². The van der Waals surface area contributed by atoms with Crippen LogP contribution in [0.15, 0.2) is 53.4 Å². The number of carbonyl (C=O) groups excluding carboxylic acids is 1. The minimum Gasteiger partial charge on any atom is -0.367 e. The lowest BCUT2D eigenvalue weighted by Crippen LogP contribution is -2.46. The maximum absolute atomic E-state index is 13.2. The fourth-order valence-corrected chi connectivity index (χ4v) is 5.93. The van der Waals surface area contributed by atoms with Crippen molar-refractivity contribution in [1.29, 1.82) is 0 Å². The highest BCUT2D eigenvalue weighted by Crippen LogP contribution is 2.32. The fraction of sp³-hybridized carbons (Fsp3) is 0.500. The standard InChI is InChI=1S/C26H38N4O3S/c1-5-28-15-17-29(18-16-28)25-14-13-23(34(32,33)30(6-2)7-3)20-24(25)27-26(31)19-21(4)22-11-9-8-10-12-22/h8-14,20-21H,5-7,15-19H2,1-4H3,(H,27,31)/t21-/m1/s1. The van der Waals surface area contributed by atoms with Crippen LogP contribution in [0.5, 0.6) is 0 Å². The number of sulfonamides is 1. The van der Waals surface area contributed by atoms with Crippen LogP contribution >= 0.6 is 0 Å². The number of likely N-dealkylation sites (N-methyl/N-ethyl adjacent to an activating group) is 1. The summed E-state index contributed by atoms with van der Waals surface area (Å²) < 4.78 is 27.8. The Kier molecular flexibility index (Phi) is 9.10.